The second kappa shape index (κ2) is 1070. The van der Waals surface area contributed by atoms with Crippen LogP contribution >= 0.6 is 0 Å². The van der Waals surface area contributed by atoms with Crippen molar-refractivity contribution >= 4 is 0 Å². The third kappa shape index (κ3) is 867. The maximum absolute atomic E-state index is 0. The first-order chi connectivity index (χ1) is 0. The molecule has 18 N–H and O–H groups in total. The van der Waals surface area contributed by atoms with Crippen LogP contribution < -0.4 is 12.3 Å². The molecule has 0 unspecified atom stereocenters. The molecule has 0 heterocycles. The van der Waals surface area contributed by atoms with Gasteiger partial charge in [0.05, 0.1) is 0 Å². The summed E-state index contributed by atoms with van der Waals surface area (Å²) >= 11 is 0. The fourth-order valence-corrected chi connectivity index (χ4v) is 0. The van der Waals surface area contributed by atoms with E-state index in [1.165, 1.54) is 0 Å². The van der Waals surface area contributed by atoms with Crippen LogP contribution in [0, 0.1) is 0 Å². The van der Waals surface area contributed by atoms with Crippen LogP contribution in [0.15, 0.2) is 0 Å². The molecule has 0 aromatic rings. The Balaban J connectivity index is 0. The van der Waals surface area contributed by atoms with Crippen LogP contribution in [0.2, 0.25) is 0 Å². The second-order valence-electron chi connectivity index (χ2n) is 0. The Bertz CT molecular complexity index is 14.4. The van der Waals surface area contributed by atoms with E-state index in [1.807, 2.05) is 0 Å². The van der Waals surface area contributed by atoms with Crippen LogP contribution in [0.5, 0.6) is 0 Å². The largest absolute Gasteiger partial charge is 0.870 e. The summed E-state index contributed by atoms with van der Waals surface area (Å²) in [6.07, 6.45) is 0. The average Bonchev–Trinajstić information content (AvgIpc) is 0. The maximum atomic E-state index is 0. The monoisotopic (exact) mass is 354 g/mol. The Labute approximate surface area is 92.8 Å². The van der Waals surface area contributed by atoms with Crippen molar-refractivity contribution in [2.45, 2.75) is 0 Å². The van der Waals surface area contributed by atoms with Crippen molar-refractivity contribution in [3.63, 3.8) is 0 Å². The van der Waals surface area contributed by atoms with Gasteiger partial charge in [-0.05, 0) is 0 Å². The predicted molar refractivity (Wildman–Crippen MR) is 32.0 cm³/mol. The van der Waals surface area contributed by atoms with Crippen LogP contribution in [0.1, 0.15) is 0 Å². The summed E-state index contributed by atoms with van der Waals surface area (Å²) in [6.45, 7) is 0. The topological polar surface area (TPSA) is 288 Å². The normalized spacial score (nSPS) is 0. The molecular weight excluding hydrogens is 332 g/mol. The van der Waals surface area contributed by atoms with Gasteiger partial charge in [0.25, 0.3) is 0 Å². The fraction of sp³-hybridized carbons (Fsp3) is 0. The molecule has 84 valence electrons. The maximum Gasteiger partial charge on any atom is 0 e. The van der Waals surface area contributed by atoms with Gasteiger partial charge in [-0.2, -0.15) is 0 Å². The summed E-state index contributed by atoms with van der Waals surface area (Å²) in [6, 6.07) is 0. The van der Waals surface area contributed by atoms with E-state index in [4.69, 9.17) is 0 Å². The van der Waals surface area contributed by atoms with Crippen molar-refractivity contribution in [3.05, 3.63) is 0 Å². The summed E-state index contributed by atoms with van der Waals surface area (Å²) in [7, 11) is 0. The molecule has 9 nitrogen and oxygen atoms in total. The van der Waals surface area contributed by atoms with Gasteiger partial charge in [-0.3, -0.25) is 0 Å². The Morgan fingerprint density at radius 1 is 0.364 bits per heavy atom. The van der Waals surface area contributed by atoms with E-state index in [9.17, 15) is 0 Å². The van der Waals surface area contributed by atoms with Gasteiger partial charge in [0.1, 0.15) is 0 Å². The first-order valence-corrected chi connectivity index (χ1v) is 0. The Morgan fingerprint density at radius 3 is 0.364 bits per heavy atom. The van der Waals surface area contributed by atoms with Crippen LogP contribution in [0.25, 0.3) is 0 Å². The van der Waals surface area contributed by atoms with Gasteiger partial charge in [0, 0.05) is 42.1 Å². The molecule has 0 amide bonds. The van der Waals surface area contributed by atoms with E-state index in [-0.39, 0.29) is 92.8 Å². The van der Waals surface area contributed by atoms with Crippen molar-refractivity contribution in [1.29, 1.82) is 0 Å². The van der Waals surface area contributed by atoms with E-state index in [0.29, 0.717) is 0 Å². The van der Waals surface area contributed by atoms with Gasteiger partial charge in [0.2, 0.25) is 0 Å². The molecule has 11 heteroatoms. The number of hydrogen-bond donors (Lipinski definition) is 2. The minimum atomic E-state index is 0. The van der Waals surface area contributed by atoms with Crippen molar-refractivity contribution < 1.29 is 80.5 Å². The standard InChI is InChI=1S/2Mo.2H3N.7H2O/h;;2*1H3;7*1H2/p-2. The van der Waals surface area contributed by atoms with Crippen molar-refractivity contribution in [2.24, 2.45) is 0 Å². The predicted octanol–water partition coefficient (Wildman–Crippen LogP) is -4.16. The zero-order chi connectivity index (χ0) is 0. The molecular formula is H18Mo2N2O7-2. The van der Waals surface area contributed by atoms with E-state index < -0.39 is 0 Å². The van der Waals surface area contributed by atoms with Gasteiger partial charge < -0.3 is 50.6 Å². The SMILES string of the molecule is N.N.O.O.O.O.O.[Mo].[Mo].[OH-].[OH-]. The molecule has 0 saturated carbocycles. The molecule has 0 atom stereocenters. The minimum absolute atomic E-state index is 0. The van der Waals surface area contributed by atoms with Crippen LogP contribution in [-0.2, 0) is 42.1 Å². The molecule has 0 aliphatic carbocycles. The molecule has 0 saturated heterocycles. The average molecular weight is 350 g/mol. The quantitative estimate of drug-likeness (QED) is 0.411. The van der Waals surface area contributed by atoms with Gasteiger partial charge in [-0.15, -0.1) is 0 Å². The van der Waals surface area contributed by atoms with Gasteiger partial charge >= 0.3 is 0 Å². The number of hydrogen-bond acceptors (Lipinski definition) is 4. The van der Waals surface area contributed by atoms with Gasteiger partial charge in [-0.1, -0.05) is 0 Å². The summed E-state index contributed by atoms with van der Waals surface area (Å²) in [5, 5.41) is 0. The van der Waals surface area contributed by atoms with E-state index in [2.05, 4.69) is 0 Å². The van der Waals surface area contributed by atoms with Gasteiger partial charge in [-0.25, -0.2) is 0 Å². The summed E-state index contributed by atoms with van der Waals surface area (Å²) in [5.41, 5.74) is 0. The zero-order valence-electron chi connectivity index (χ0n) is 5.63. The third-order valence-electron chi connectivity index (χ3n) is 0. The smallest absolute Gasteiger partial charge is 0 e. The molecule has 0 fully saturated rings. The minimum Gasteiger partial charge on any atom is -0.870 e. The second-order valence-corrected chi connectivity index (χ2v) is 0. The molecule has 0 radical (unpaired) electrons. The third-order valence-corrected chi connectivity index (χ3v) is 0. The Kier molecular flexibility index (Phi) is 137000. The zero-order valence-corrected chi connectivity index (χ0v) is 9.64. The van der Waals surface area contributed by atoms with Crippen LogP contribution in [-0.4, -0.2) is 38.3 Å². The van der Waals surface area contributed by atoms with E-state index in [0.717, 1.165) is 0 Å². The Morgan fingerprint density at radius 2 is 0.364 bits per heavy atom. The summed E-state index contributed by atoms with van der Waals surface area (Å²) in [5.74, 6) is 0. The summed E-state index contributed by atoms with van der Waals surface area (Å²) < 4.78 is 0. The molecule has 0 bridgehead atoms. The summed E-state index contributed by atoms with van der Waals surface area (Å²) in [4.78, 5) is 0. The fourth-order valence-electron chi connectivity index (χ4n) is 0. The first kappa shape index (κ1) is 1410. The van der Waals surface area contributed by atoms with E-state index in [1.54, 1.807) is 0 Å². The van der Waals surface area contributed by atoms with Crippen molar-refractivity contribution in [3.8, 4) is 0 Å². The number of rotatable bonds is 0. The van der Waals surface area contributed by atoms with Crippen molar-refractivity contribution in [1.82, 2.24) is 12.3 Å². The molecule has 0 rings (SSSR count). The van der Waals surface area contributed by atoms with Crippen LogP contribution in [0.4, 0.5) is 0 Å². The molecule has 0 aliphatic heterocycles. The van der Waals surface area contributed by atoms with Crippen LogP contribution in [0.3, 0.4) is 0 Å². The van der Waals surface area contributed by atoms with Crippen molar-refractivity contribution in [2.75, 3.05) is 0 Å². The molecule has 11 heavy (non-hydrogen) atoms. The molecule has 0 spiro atoms. The first-order valence-electron chi connectivity index (χ1n) is 0. The molecule has 0 aliphatic rings. The molecule has 0 aromatic heterocycles. The van der Waals surface area contributed by atoms with Gasteiger partial charge in [0.15, 0.2) is 0 Å². The van der Waals surface area contributed by atoms with E-state index >= 15 is 0 Å². The Hall–Kier alpha value is 1.02. The molecule has 0 aromatic carbocycles.